The van der Waals surface area contributed by atoms with Gasteiger partial charge in [0.05, 0.1) is 16.4 Å². The van der Waals surface area contributed by atoms with Crippen LogP contribution in [0.2, 0.25) is 5.02 Å². The zero-order valence-corrected chi connectivity index (χ0v) is 11.0. The molecule has 5 heteroatoms. The summed E-state index contributed by atoms with van der Waals surface area (Å²) < 4.78 is 1.61. The third kappa shape index (κ3) is 1.99. The van der Waals surface area contributed by atoms with Crippen molar-refractivity contribution in [2.24, 2.45) is 0 Å². The molecular formula is C13H14ClN3O. The number of anilines is 1. The van der Waals surface area contributed by atoms with Gasteiger partial charge >= 0.3 is 0 Å². The van der Waals surface area contributed by atoms with E-state index in [9.17, 15) is 4.79 Å². The molecule has 0 fully saturated rings. The Morgan fingerprint density at radius 1 is 1.44 bits per heavy atom. The molecule has 2 rings (SSSR count). The van der Waals surface area contributed by atoms with Crippen LogP contribution in [0.15, 0.2) is 24.3 Å². The van der Waals surface area contributed by atoms with Crippen LogP contribution in [0.25, 0.3) is 0 Å². The Labute approximate surface area is 110 Å². The number of nitrogens with zero attached hydrogens (tertiary/aromatic N) is 2. The van der Waals surface area contributed by atoms with E-state index >= 15 is 0 Å². The molecule has 1 aromatic heterocycles. The Balaban J connectivity index is 2.56. The molecule has 0 spiro atoms. The highest BCUT2D eigenvalue weighted by Crippen LogP contribution is 2.24. The number of aryl methyl sites for hydroxylation is 2. The van der Waals surface area contributed by atoms with Gasteiger partial charge in [-0.15, -0.1) is 0 Å². The highest BCUT2D eigenvalue weighted by Gasteiger charge is 2.21. The van der Waals surface area contributed by atoms with E-state index in [0.717, 1.165) is 0 Å². The first-order chi connectivity index (χ1) is 8.56. The van der Waals surface area contributed by atoms with Gasteiger partial charge in [0.15, 0.2) is 0 Å². The molecule has 94 valence electrons. The van der Waals surface area contributed by atoms with Crippen molar-refractivity contribution in [1.82, 2.24) is 9.78 Å². The predicted molar refractivity (Wildman–Crippen MR) is 71.9 cm³/mol. The first-order valence-corrected chi connectivity index (χ1v) is 6.06. The van der Waals surface area contributed by atoms with Gasteiger partial charge in [0.1, 0.15) is 5.69 Å². The molecule has 2 N–H and O–H groups in total. The lowest BCUT2D eigenvalue weighted by Crippen LogP contribution is -2.12. The van der Waals surface area contributed by atoms with E-state index in [0.29, 0.717) is 34.2 Å². The molecule has 18 heavy (non-hydrogen) atoms. The van der Waals surface area contributed by atoms with Gasteiger partial charge in [-0.3, -0.25) is 9.48 Å². The minimum atomic E-state index is -0.194. The molecule has 0 amide bonds. The number of aromatic nitrogens is 2. The number of benzene rings is 1. The quantitative estimate of drug-likeness (QED) is 0.866. The maximum absolute atomic E-state index is 12.5. The molecule has 2 aromatic rings. The smallest absolute Gasteiger partial charge is 0.214 e. The van der Waals surface area contributed by atoms with Crippen molar-refractivity contribution in [3.05, 3.63) is 46.2 Å². The number of nitrogen functional groups attached to an aromatic ring is 1. The van der Waals surface area contributed by atoms with Gasteiger partial charge in [-0.25, -0.2) is 0 Å². The summed E-state index contributed by atoms with van der Waals surface area (Å²) in [6.07, 6.45) is 0. The van der Waals surface area contributed by atoms with Crippen LogP contribution in [0.1, 0.15) is 28.7 Å². The molecule has 0 unspecified atom stereocenters. The Morgan fingerprint density at radius 3 is 2.72 bits per heavy atom. The van der Waals surface area contributed by atoms with E-state index in [1.54, 1.807) is 35.9 Å². The van der Waals surface area contributed by atoms with Gasteiger partial charge in [-0.05, 0) is 26.0 Å². The van der Waals surface area contributed by atoms with Crippen LogP contribution >= 0.6 is 11.6 Å². The fourth-order valence-electron chi connectivity index (χ4n) is 1.84. The van der Waals surface area contributed by atoms with Gasteiger partial charge < -0.3 is 5.73 Å². The molecule has 1 heterocycles. The van der Waals surface area contributed by atoms with Crippen molar-refractivity contribution in [2.75, 3.05) is 5.73 Å². The van der Waals surface area contributed by atoms with Crippen molar-refractivity contribution in [2.45, 2.75) is 20.4 Å². The number of ketones is 1. The molecule has 0 radical (unpaired) electrons. The van der Waals surface area contributed by atoms with E-state index in [2.05, 4.69) is 5.10 Å². The second-order valence-electron chi connectivity index (χ2n) is 3.97. The topological polar surface area (TPSA) is 60.9 Å². The van der Waals surface area contributed by atoms with Crippen LogP contribution in [0.5, 0.6) is 0 Å². The van der Waals surface area contributed by atoms with E-state index in [1.807, 2.05) is 6.92 Å². The van der Waals surface area contributed by atoms with Crippen molar-refractivity contribution >= 4 is 23.1 Å². The zero-order chi connectivity index (χ0) is 13.3. The molecule has 0 aliphatic heterocycles. The lowest BCUT2D eigenvalue weighted by molar-refractivity contribution is 0.103. The molecular weight excluding hydrogens is 250 g/mol. The maximum atomic E-state index is 12.5. The SMILES string of the molecule is CCn1nc(C)c(N)c1C(=O)c1ccccc1Cl. The zero-order valence-electron chi connectivity index (χ0n) is 10.3. The highest BCUT2D eigenvalue weighted by atomic mass is 35.5. The number of carbonyl (C=O) groups is 1. The summed E-state index contributed by atoms with van der Waals surface area (Å²) in [7, 11) is 0. The van der Waals surface area contributed by atoms with Crippen molar-refractivity contribution in [3.8, 4) is 0 Å². The van der Waals surface area contributed by atoms with Gasteiger partial charge in [-0.2, -0.15) is 5.10 Å². The monoisotopic (exact) mass is 263 g/mol. The third-order valence-electron chi connectivity index (χ3n) is 2.81. The van der Waals surface area contributed by atoms with Crippen LogP contribution in [-0.4, -0.2) is 15.6 Å². The predicted octanol–water partition coefficient (Wildman–Crippen LogP) is 2.68. The van der Waals surface area contributed by atoms with Gasteiger partial charge in [-0.1, -0.05) is 23.7 Å². The Kier molecular flexibility index (Phi) is 3.39. The van der Waals surface area contributed by atoms with Crippen LogP contribution < -0.4 is 5.73 Å². The Hall–Kier alpha value is -1.81. The molecule has 4 nitrogen and oxygen atoms in total. The Bertz CT molecular complexity index is 604. The summed E-state index contributed by atoms with van der Waals surface area (Å²) in [5.74, 6) is -0.194. The minimum Gasteiger partial charge on any atom is -0.395 e. The second-order valence-corrected chi connectivity index (χ2v) is 4.38. The molecule has 0 saturated heterocycles. The van der Waals surface area contributed by atoms with Crippen LogP contribution in [0.3, 0.4) is 0 Å². The first-order valence-electron chi connectivity index (χ1n) is 5.68. The molecule has 1 aromatic carbocycles. The van der Waals surface area contributed by atoms with Gasteiger partial charge in [0.25, 0.3) is 0 Å². The number of nitrogens with two attached hydrogens (primary N) is 1. The summed E-state index contributed by atoms with van der Waals surface area (Å²) in [6, 6.07) is 6.93. The normalized spacial score (nSPS) is 10.6. The van der Waals surface area contributed by atoms with Gasteiger partial charge in [0, 0.05) is 12.1 Å². The molecule has 0 aliphatic carbocycles. The molecule has 0 aliphatic rings. The van der Waals surface area contributed by atoms with E-state index in [-0.39, 0.29) is 5.78 Å². The number of rotatable bonds is 3. The summed E-state index contributed by atoms with van der Waals surface area (Å²) in [5.41, 5.74) is 7.85. The summed E-state index contributed by atoms with van der Waals surface area (Å²) >= 11 is 6.03. The average molecular weight is 264 g/mol. The van der Waals surface area contributed by atoms with Crippen LogP contribution in [0.4, 0.5) is 5.69 Å². The van der Waals surface area contributed by atoms with E-state index in [1.165, 1.54) is 0 Å². The largest absolute Gasteiger partial charge is 0.395 e. The summed E-state index contributed by atoms with van der Waals surface area (Å²) in [5, 5.41) is 4.65. The molecule has 0 bridgehead atoms. The van der Waals surface area contributed by atoms with Crippen LogP contribution in [0, 0.1) is 6.92 Å². The fourth-order valence-corrected chi connectivity index (χ4v) is 2.06. The van der Waals surface area contributed by atoms with Crippen LogP contribution in [-0.2, 0) is 6.54 Å². The number of carbonyl (C=O) groups excluding carboxylic acids is 1. The van der Waals surface area contributed by atoms with E-state index in [4.69, 9.17) is 17.3 Å². The third-order valence-corrected chi connectivity index (χ3v) is 3.14. The minimum absolute atomic E-state index is 0.194. The van der Waals surface area contributed by atoms with Crippen molar-refractivity contribution in [3.63, 3.8) is 0 Å². The maximum Gasteiger partial charge on any atom is 0.214 e. The summed E-state index contributed by atoms with van der Waals surface area (Å²) in [6.45, 7) is 4.28. The van der Waals surface area contributed by atoms with Gasteiger partial charge in [0.2, 0.25) is 5.78 Å². The first kappa shape index (κ1) is 12.6. The average Bonchev–Trinajstić information content (AvgIpc) is 2.65. The lowest BCUT2D eigenvalue weighted by Gasteiger charge is -2.06. The second kappa shape index (κ2) is 4.82. The Morgan fingerprint density at radius 2 is 2.11 bits per heavy atom. The van der Waals surface area contributed by atoms with Crippen molar-refractivity contribution in [1.29, 1.82) is 0 Å². The highest BCUT2D eigenvalue weighted by molar-refractivity contribution is 6.35. The number of halogens is 1. The summed E-state index contributed by atoms with van der Waals surface area (Å²) in [4.78, 5) is 12.5. The molecule has 0 atom stereocenters. The van der Waals surface area contributed by atoms with Crippen molar-refractivity contribution < 1.29 is 4.79 Å². The number of hydrogen-bond donors (Lipinski definition) is 1. The molecule has 0 saturated carbocycles. The lowest BCUT2D eigenvalue weighted by atomic mass is 10.1. The standard InChI is InChI=1S/C13H14ClN3O/c1-3-17-12(11(15)8(2)16-17)13(18)9-6-4-5-7-10(9)14/h4-7H,3,15H2,1-2H3. The number of hydrogen-bond acceptors (Lipinski definition) is 3. The fraction of sp³-hybridized carbons (Fsp3) is 0.231. The van der Waals surface area contributed by atoms with E-state index < -0.39 is 0 Å².